The molecule has 1 heterocycles. The maximum atomic E-state index is 13.6. The first kappa shape index (κ1) is 29.9. The van der Waals surface area contributed by atoms with Gasteiger partial charge in [-0.15, -0.1) is 12.4 Å². The summed E-state index contributed by atoms with van der Waals surface area (Å²) in [6.07, 6.45) is -5.08. The third kappa shape index (κ3) is 4.45. The molecule has 6 N–H and O–H groups in total. The number of halogens is 1. The third-order valence-corrected chi connectivity index (χ3v) is 7.92. The average Bonchev–Trinajstić information content (AvgIpc) is 2.90. The van der Waals surface area contributed by atoms with Crippen molar-refractivity contribution in [3.63, 3.8) is 0 Å². The first-order valence-corrected chi connectivity index (χ1v) is 12.4. The van der Waals surface area contributed by atoms with E-state index in [1.165, 1.54) is 25.3 Å². The Morgan fingerprint density at radius 1 is 1.12 bits per heavy atom. The van der Waals surface area contributed by atoms with Crippen molar-refractivity contribution in [2.24, 2.45) is 0 Å². The molecule has 3 aliphatic rings. The van der Waals surface area contributed by atoms with E-state index in [-0.39, 0.29) is 53.3 Å². The molecule has 216 valence electrons. The molecule has 12 nitrogen and oxygen atoms in total. The highest BCUT2D eigenvalue weighted by molar-refractivity contribution is 6.31. The average molecular weight is 580 g/mol. The van der Waals surface area contributed by atoms with Crippen molar-refractivity contribution in [1.29, 1.82) is 0 Å². The van der Waals surface area contributed by atoms with E-state index >= 15 is 0 Å². The molecular formula is C27H30ClNO11. The predicted octanol–water partition coefficient (Wildman–Crippen LogP) is 1.47. The number of aliphatic hydroxyl groups is 2. The van der Waals surface area contributed by atoms with Crippen LogP contribution in [0, 0.1) is 0 Å². The predicted molar refractivity (Wildman–Crippen MR) is 138 cm³/mol. The van der Waals surface area contributed by atoms with Gasteiger partial charge in [0.15, 0.2) is 17.9 Å². The molecule has 1 fully saturated rings. The molecule has 4 unspecified atom stereocenters. The number of aliphatic hydroxyl groups excluding tert-OH is 1. The summed E-state index contributed by atoms with van der Waals surface area (Å²) in [4.78, 5) is 39.7. The van der Waals surface area contributed by atoms with E-state index in [4.69, 9.17) is 14.2 Å². The van der Waals surface area contributed by atoms with Gasteiger partial charge in [0.25, 0.3) is 0 Å². The number of hydroxylamine groups is 1. The minimum Gasteiger partial charge on any atom is -0.507 e. The molecule has 0 bridgehead atoms. The number of methoxy groups -OCH3 is 1. The van der Waals surface area contributed by atoms with Gasteiger partial charge in [-0.3, -0.25) is 14.4 Å². The van der Waals surface area contributed by atoms with Crippen LogP contribution in [-0.4, -0.2) is 80.2 Å². The topological polar surface area (TPSA) is 192 Å². The van der Waals surface area contributed by atoms with Gasteiger partial charge in [-0.25, -0.2) is 0 Å². The molecule has 2 aliphatic carbocycles. The Balaban J connectivity index is 0.00000370. The van der Waals surface area contributed by atoms with Crippen LogP contribution >= 0.6 is 12.4 Å². The number of fused-ring (bicyclic) bond motifs is 3. The van der Waals surface area contributed by atoms with Crippen LogP contribution in [0.15, 0.2) is 18.2 Å². The van der Waals surface area contributed by atoms with Crippen molar-refractivity contribution >= 4 is 29.8 Å². The minimum atomic E-state index is -2.03. The number of phenolic OH excluding ortho intramolecular Hbond substituents is 2. The Morgan fingerprint density at radius 2 is 1.80 bits per heavy atom. The number of ketones is 3. The number of rotatable bonds is 5. The van der Waals surface area contributed by atoms with Crippen LogP contribution < -0.4 is 10.2 Å². The number of benzene rings is 2. The smallest absolute Gasteiger partial charge is 0.202 e. The van der Waals surface area contributed by atoms with Crippen molar-refractivity contribution in [1.82, 2.24) is 5.48 Å². The largest absolute Gasteiger partial charge is 0.507 e. The SMILES string of the molecule is COc1cccc2c1C(=O)c1c(O)c3c(c(O)c1C2=O)C[C@@](O)(C(C)=O)C[C@@H]3OC1CC(NO)C(O)C(C)O1.Cl. The van der Waals surface area contributed by atoms with Gasteiger partial charge in [0.2, 0.25) is 5.78 Å². The summed E-state index contributed by atoms with van der Waals surface area (Å²) in [6.45, 7) is 2.72. The molecule has 0 saturated carbocycles. The van der Waals surface area contributed by atoms with Crippen molar-refractivity contribution in [3.8, 4) is 17.2 Å². The Morgan fingerprint density at radius 3 is 2.42 bits per heavy atom. The molecule has 1 saturated heterocycles. The number of carbonyl (C=O) groups excluding carboxylic acids is 3. The van der Waals surface area contributed by atoms with E-state index in [1.807, 2.05) is 5.48 Å². The third-order valence-electron chi connectivity index (χ3n) is 7.92. The fraction of sp³-hybridized carbons (Fsp3) is 0.444. The normalized spacial score (nSPS) is 29.1. The fourth-order valence-electron chi connectivity index (χ4n) is 5.75. The van der Waals surface area contributed by atoms with Crippen molar-refractivity contribution < 1.29 is 54.2 Å². The van der Waals surface area contributed by atoms with E-state index < -0.39 is 82.6 Å². The second-order valence-electron chi connectivity index (χ2n) is 10.2. The summed E-state index contributed by atoms with van der Waals surface area (Å²) >= 11 is 0. The highest BCUT2D eigenvalue weighted by atomic mass is 35.5. The Kier molecular flexibility index (Phi) is 8.00. The maximum Gasteiger partial charge on any atom is 0.202 e. The molecule has 0 amide bonds. The Hall–Kier alpha value is -3.10. The number of carbonyl (C=O) groups is 3. The van der Waals surface area contributed by atoms with E-state index in [9.17, 15) is 40.0 Å². The molecule has 40 heavy (non-hydrogen) atoms. The lowest BCUT2D eigenvalue weighted by Crippen LogP contribution is -2.53. The zero-order chi connectivity index (χ0) is 28.4. The lowest BCUT2D eigenvalue weighted by molar-refractivity contribution is -0.255. The van der Waals surface area contributed by atoms with Crippen LogP contribution in [0.2, 0.25) is 0 Å². The summed E-state index contributed by atoms with van der Waals surface area (Å²) in [6, 6.07) is 3.57. The molecular weight excluding hydrogens is 550 g/mol. The van der Waals surface area contributed by atoms with E-state index in [2.05, 4.69) is 0 Å². The number of nitrogens with one attached hydrogen (secondary N) is 1. The zero-order valence-corrected chi connectivity index (χ0v) is 22.7. The highest BCUT2D eigenvalue weighted by Gasteiger charge is 2.49. The van der Waals surface area contributed by atoms with E-state index in [0.717, 1.165) is 6.92 Å². The van der Waals surface area contributed by atoms with Crippen LogP contribution in [0.5, 0.6) is 17.2 Å². The summed E-state index contributed by atoms with van der Waals surface area (Å²) in [5.41, 5.74) is -1.22. The molecule has 2 aromatic carbocycles. The van der Waals surface area contributed by atoms with Gasteiger partial charge in [-0.2, -0.15) is 5.48 Å². The summed E-state index contributed by atoms with van der Waals surface area (Å²) < 4.78 is 17.0. The molecule has 13 heteroatoms. The quantitative estimate of drug-likeness (QED) is 0.189. The lowest BCUT2D eigenvalue weighted by atomic mass is 9.72. The van der Waals surface area contributed by atoms with E-state index in [0.29, 0.717) is 0 Å². The first-order chi connectivity index (χ1) is 18.4. The van der Waals surface area contributed by atoms with Crippen LogP contribution in [0.3, 0.4) is 0 Å². The van der Waals surface area contributed by atoms with Gasteiger partial charge in [-0.1, -0.05) is 12.1 Å². The second-order valence-corrected chi connectivity index (χ2v) is 10.2. The molecule has 6 atom stereocenters. The van der Waals surface area contributed by atoms with Crippen molar-refractivity contribution in [3.05, 3.63) is 51.6 Å². The van der Waals surface area contributed by atoms with Gasteiger partial charge < -0.3 is 39.8 Å². The van der Waals surface area contributed by atoms with Crippen LogP contribution in [0.4, 0.5) is 0 Å². The number of Topliss-reactive ketones (excluding diaryl/α,β-unsaturated/α-hetero) is 1. The van der Waals surface area contributed by atoms with Crippen LogP contribution in [0.1, 0.15) is 75.8 Å². The first-order valence-electron chi connectivity index (χ1n) is 12.4. The van der Waals surface area contributed by atoms with Crippen LogP contribution in [-0.2, 0) is 20.7 Å². The Bertz CT molecular complexity index is 1400. The van der Waals surface area contributed by atoms with Gasteiger partial charge in [0.1, 0.15) is 22.8 Å². The van der Waals surface area contributed by atoms with Crippen molar-refractivity contribution in [2.75, 3.05) is 7.11 Å². The number of aromatic hydroxyl groups is 2. The lowest BCUT2D eigenvalue weighted by Gasteiger charge is -2.42. The molecule has 1 aliphatic heterocycles. The maximum absolute atomic E-state index is 13.6. The van der Waals surface area contributed by atoms with Gasteiger partial charge >= 0.3 is 0 Å². The number of ether oxygens (including phenoxy) is 3. The number of phenols is 2. The molecule has 0 radical (unpaired) electrons. The number of hydrogen-bond acceptors (Lipinski definition) is 12. The van der Waals surface area contributed by atoms with E-state index in [1.54, 1.807) is 6.92 Å². The highest BCUT2D eigenvalue weighted by Crippen LogP contribution is 2.52. The summed E-state index contributed by atoms with van der Waals surface area (Å²) in [5.74, 6) is -3.31. The van der Waals surface area contributed by atoms with Crippen LogP contribution in [0.25, 0.3) is 0 Å². The fourth-order valence-corrected chi connectivity index (χ4v) is 5.75. The molecule has 0 spiro atoms. The number of hydrogen-bond donors (Lipinski definition) is 6. The zero-order valence-electron chi connectivity index (χ0n) is 21.8. The van der Waals surface area contributed by atoms with Gasteiger partial charge in [-0.05, 0) is 19.9 Å². The minimum absolute atomic E-state index is 0. The van der Waals surface area contributed by atoms with Gasteiger partial charge in [0, 0.05) is 36.0 Å². The molecule has 5 rings (SSSR count). The second kappa shape index (κ2) is 10.7. The van der Waals surface area contributed by atoms with Gasteiger partial charge in [0.05, 0.1) is 48.2 Å². The Labute approximate surface area is 234 Å². The summed E-state index contributed by atoms with van der Waals surface area (Å²) in [5, 5.41) is 53.7. The standard InChI is InChI=1S/C27H29NO11.ClH/c1-10-22(30)14(28-36)7-17(38-10)39-16-9-27(35,11(2)29)8-13-19(16)26(34)21-20(24(13)32)23(31)12-5-4-6-15(37-3)18(12)25(21)33;/h4-6,10,14,16-17,22,28,30,32,34-36H,7-9H2,1-3H3;1H/t10?,14?,16-,17?,22?,27-;/m0./s1. The molecule has 0 aromatic heterocycles. The monoisotopic (exact) mass is 579 g/mol. The summed E-state index contributed by atoms with van der Waals surface area (Å²) in [7, 11) is 1.33. The molecule has 2 aromatic rings. The van der Waals surface area contributed by atoms with Crippen molar-refractivity contribution in [2.45, 2.75) is 69.4 Å².